The monoisotopic (exact) mass is 238 g/mol. The summed E-state index contributed by atoms with van der Waals surface area (Å²) in [6, 6.07) is 0. The molecule has 3 nitrogen and oxygen atoms in total. The first-order chi connectivity index (χ1) is 6.56. The van der Waals surface area contributed by atoms with Gasteiger partial charge in [-0.15, -0.1) is 13.2 Å². The molecule has 0 heterocycles. The Balaban J connectivity index is 4.61. The number of esters is 1. The zero-order chi connectivity index (χ0) is 12.3. The predicted octanol–water partition coefficient (Wildman–Crippen LogP) is 2.14. The van der Waals surface area contributed by atoms with Crippen LogP contribution in [0.1, 0.15) is 0 Å². The normalized spacial score (nSPS) is 14.5. The molecule has 0 radical (unpaired) electrons. The number of hydrogen-bond donors (Lipinski definition) is 0. The first kappa shape index (κ1) is 13.8. The molecule has 0 N–H and O–H groups in total. The second-order valence-electron chi connectivity index (χ2n) is 2.08. The van der Waals surface area contributed by atoms with Crippen molar-refractivity contribution in [2.24, 2.45) is 0 Å². The Morgan fingerprint density at radius 2 is 1.67 bits per heavy atom. The van der Waals surface area contributed by atoms with Crippen LogP contribution in [0.25, 0.3) is 0 Å². The summed E-state index contributed by atoms with van der Waals surface area (Å²) >= 11 is 0. The van der Waals surface area contributed by atoms with Crippen molar-refractivity contribution in [3.63, 3.8) is 0 Å². The molecule has 0 amide bonds. The Morgan fingerprint density at radius 1 is 1.20 bits per heavy atom. The number of carbonyl (C=O) groups is 1. The molecule has 15 heavy (non-hydrogen) atoms. The molecule has 0 aliphatic heterocycles. The fraction of sp³-hybridized carbons (Fsp3) is 0.500. The van der Waals surface area contributed by atoms with Crippen molar-refractivity contribution in [3.8, 4) is 0 Å². The highest BCUT2D eigenvalue weighted by atomic mass is 19.4. The van der Waals surface area contributed by atoms with Gasteiger partial charge in [0.05, 0.1) is 0 Å². The second-order valence-corrected chi connectivity index (χ2v) is 2.08. The van der Waals surface area contributed by atoms with Crippen LogP contribution >= 0.6 is 0 Å². The van der Waals surface area contributed by atoms with E-state index in [0.29, 0.717) is 0 Å². The van der Waals surface area contributed by atoms with Gasteiger partial charge in [0.25, 0.3) is 0 Å². The van der Waals surface area contributed by atoms with Crippen LogP contribution < -0.4 is 0 Å². The van der Waals surface area contributed by atoms with E-state index in [2.05, 4.69) is 16.1 Å². The number of hydrogen-bond acceptors (Lipinski definition) is 3. The van der Waals surface area contributed by atoms with E-state index in [9.17, 15) is 31.1 Å². The zero-order valence-corrected chi connectivity index (χ0v) is 6.85. The highest BCUT2D eigenvalue weighted by Gasteiger charge is 2.50. The molecule has 0 bridgehead atoms. The summed E-state index contributed by atoms with van der Waals surface area (Å²) in [5.41, 5.74) is 0. The fourth-order valence-corrected chi connectivity index (χ4v) is 0.433. The van der Waals surface area contributed by atoms with Crippen LogP contribution in [-0.2, 0) is 14.3 Å². The first-order valence-electron chi connectivity index (χ1n) is 3.20. The fourth-order valence-electron chi connectivity index (χ4n) is 0.433. The van der Waals surface area contributed by atoms with Crippen LogP contribution in [0.2, 0.25) is 0 Å². The summed E-state index contributed by atoms with van der Waals surface area (Å²) in [6.45, 7) is 2.71. The molecular formula is C6H4F6O3. The molecule has 0 aromatic carbocycles. The van der Waals surface area contributed by atoms with E-state index in [4.69, 9.17) is 0 Å². The van der Waals surface area contributed by atoms with E-state index in [1.54, 1.807) is 0 Å². The third kappa shape index (κ3) is 5.94. The van der Waals surface area contributed by atoms with E-state index in [0.717, 1.165) is 0 Å². The van der Waals surface area contributed by atoms with Gasteiger partial charge in [0.15, 0.2) is 0 Å². The lowest BCUT2D eigenvalue weighted by Crippen LogP contribution is -2.39. The van der Waals surface area contributed by atoms with Crippen molar-refractivity contribution in [2.45, 2.75) is 18.8 Å². The minimum absolute atomic E-state index is 0.276. The summed E-state index contributed by atoms with van der Waals surface area (Å²) in [6.07, 6.45) is -14.5. The van der Waals surface area contributed by atoms with E-state index in [1.165, 1.54) is 0 Å². The smallest absolute Gasteiger partial charge is 0.422 e. The highest BCUT2D eigenvalue weighted by molar-refractivity contribution is 5.81. The van der Waals surface area contributed by atoms with Gasteiger partial charge < -0.3 is 4.74 Å². The van der Waals surface area contributed by atoms with Gasteiger partial charge >= 0.3 is 24.8 Å². The average molecular weight is 238 g/mol. The predicted molar refractivity (Wildman–Crippen MR) is 33.3 cm³/mol. The Kier molecular flexibility index (Phi) is 4.14. The van der Waals surface area contributed by atoms with Crippen molar-refractivity contribution in [1.82, 2.24) is 0 Å². The maximum atomic E-state index is 11.8. The lowest BCUT2D eigenvalue weighted by Gasteiger charge is -2.20. The molecule has 0 spiro atoms. The van der Waals surface area contributed by atoms with Crippen molar-refractivity contribution in [2.75, 3.05) is 0 Å². The Hall–Kier alpha value is -1.25. The zero-order valence-electron chi connectivity index (χ0n) is 6.85. The summed E-state index contributed by atoms with van der Waals surface area (Å²) in [5, 5.41) is 0. The van der Waals surface area contributed by atoms with E-state index < -0.39 is 24.8 Å². The molecule has 0 saturated heterocycles. The summed E-state index contributed by atoms with van der Waals surface area (Å²) in [7, 11) is 0. The molecule has 0 aliphatic carbocycles. The van der Waals surface area contributed by atoms with Crippen LogP contribution in [0, 0.1) is 0 Å². The van der Waals surface area contributed by atoms with Crippen LogP contribution in [-0.4, -0.2) is 24.8 Å². The lowest BCUT2D eigenvalue weighted by atomic mass is 10.6. The van der Waals surface area contributed by atoms with E-state index in [1.807, 2.05) is 0 Å². The van der Waals surface area contributed by atoms with Crippen LogP contribution in [0.4, 0.5) is 26.3 Å². The Labute approximate surface area is 79.3 Å². The molecule has 88 valence electrons. The van der Waals surface area contributed by atoms with Crippen LogP contribution in [0.15, 0.2) is 12.7 Å². The van der Waals surface area contributed by atoms with Gasteiger partial charge in [0.2, 0.25) is 0 Å². The van der Waals surface area contributed by atoms with Gasteiger partial charge in [-0.2, -0.15) is 13.2 Å². The second kappa shape index (κ2) is 4.51. The topological polar surface area (TPSA) is 35.5 Å². The SMILES string of the molecule is C=CC(=O)OC(OC(F)(F)F)C(F)(F)F. The maximum Gasteiger partial charge on any atom is 0.525 e. The molecule has 0 aromatic rings. The van der Waals surface area contributed by atoms with Gasteiger partial charge in [0, 0.05) is 6.08 Å². The maximum absolute atomic E-state index is 11.8. The van der Waals surface area contributed by atoms with Gasteiger partial charge in [-0.1, -0.05) is 6.58 Å². The minimum Gasteiger partial charge on any atom is -0.422 e. The third-order valence-corrected chi connectivity index (χ3v) is 0.898. The molecular weight excluding hydrogens is 234 g/mol. The van der Waals surface area contributed by atoms with Crippen molar-refractivity contribution < 1.29 is 40.6 Å². The van der Waals surface area contributed by atoms with Crippen LogP contribution in [0.5, 0.6) is 0 Å². The highest BCUT2D eigenvalue weighted by Crippen LogP contribution is 2.30. The van der Waals surface area contributed by atoms with E-state index >= 15 is 0 Å². The number of ether oxygens (including phenoxy) is 2. The molecule has 1 unspecified atom stereocenters. The molecule has 0 fully saturated rings. The standard InChI is InChI=1S/C6H4F6O3/c1-2-3(13)14-4(5(7,8)9)15-6(10,11)12/h2,4H,1H2. The average Bonchev–Trinajstić information content (AvgIpc) is 1.98. The molecule has 0 saturated carbocycles. The number of alkyl halides is 6. The first-order valence-corrected chi connectivity index (χ1v) is 3.20. The molecule has 0 rings (SSSR count). The van der Waals surface area contributed by atoms with Crippen molar-refractivity contribution in [3.05, 3.63) is 12.7 Å². The Bertz CT molecular complexity index is 242. The van der Waals surface area contributed by atoms with Gasteiger partial charge in [-0.25, -0.2) is 9.53 Å². The largest absolute Gasteiger partial charge is 0.525 e. The number of halogens is 6. The van der Waals surface area contributed by atoms with Crippen molar-refractivity contribution >= 4 is 5.97 Å². The molecule has 1 atom stereocenters. The van der Waals surface area contributed by atoms with Crippen LogP contribution in [0.3, 0.4) is 0 Å². The van der Waals surface area contributed by atoms with Crippen molar-refractivity contribution in [1.29, 1.82) is 0 Å². The lowest BCUT2D eigenvalue weighted by molar-refractivity contribution is -0.418. The summed E-state index contributed by atoms with van der Waals surface area (Å²) in [4.78, 5) is 10.3. The molecule has 9 heteroatoms. The van der Waals surface area contributed by atoms with E-state index in [-0.39, 0.29) is 6.08 Å². The van der Waals surface area contributed by atoms with Gasteiger partial charge in [-0.05, 0) is 0 Å². The molecule has 0 aliphatic rings. The number of rotatable bonds is 3. The summed E-state index contributed by atoms with van der Waals surface area (Å²) in [5.74, 6) is -1.68. The van der Waals surface area contributed by atoms with Gasteiger partial charge in [-0.3, -0.25) is 0 Å². The molecule has 0 aromatic heterocycles. The van der Waals surface area contributed by atoms with Gasteiger partial charge in [0.1, 0.15) is 0 Å². The third-order valence-electron chi connectivity index (χ3n) is 0.898. The quantitative estimate of drug-likeness (QED) is 0.327. The Morgan fingerprint density at radius 3 is 1.93 bits per heavy atom. The minimum atomic E-state index is -5.57. The number of carbonyl (C=O) groups excluding carboxylic acids is 1. The summed E-state index contributed by atoms with van der Waals surface area (Å²) < 4.78 is 75.7.